The number of carbonyl (C=O) groups is 1. The van der Waals surface area contributed by atoms with Gasteiger partial charge in [-0.3, -0.25) is 4.79 Å². The van der Waals surface area contributed by atoms with Crippen LogP contribution in [0.2, 0.25) is 0 Å². The van der Waals surface area contributed by atoms with E-state index in [9.17, 15) is 4.79 Å². The molecule has 0 saturated carbocycles. The molecule has 0 rings (SSSR count). The molecule has 12 heavy (non-hydrogen) atoms. The largest absolute Gasteiger partial charge is 0.378 e. The van der Waals surface area contributed by atoms with E-state index < -0.39 is 0 Å². The van der Waals surface area contributed by atoms with Crippen LogP contribution in [-0.2, 0) is 14.3 Å². The fourth-order valence-corrected chi connectivity index (χ4v) is 0.645. The van der Waals surface area contributed by atoms with E-state index in [2.05, 4.69) is 17.9 Å². The van der Waals surface area contributed by atoms with Crippen LogP contribution in [0.4, 0.5) is 0 Å². The quantitative estimate of drug-likeness (QED) is 0.410. The number of carbonyl (C=O) groups excluding carboxylic acids is 1. The summed E-state index contributed by atoms with van der Waals surface area (Å²) in [6.07, 6.45) is 0. The zero-order valence-electron chi connectivity index (χ0n) is 7.21. The molecule has 4 nitrogen and oxygen atoms in total. The first kappa shape index (κ1) is 11.9. The van der Waals surface area contributed by atoms with E-state index in [1.54, 1.807) is 0 Å². The Hall–Kier alpha value is -0.100. The fraction of sp³-hybridized carbons (Fsp3) is 0.857. The van der Waals surface area contributed by atoms with Gasteiger partial charge >= 0.3 is 0 Å². The lowest BCUT2D eigenvalue weighted by Gasteiger charge is -2.03. The molecule has 0 fully saturated rings. The standard InChI is InChI=1S/C7H15NO3S/c1-8-2-3-10-4-5-11-6-7(9)12/h8H,2-6H2,1H3,(H,9,12). The number of hydrogen-bond donors (Lipinski definition) is 2. The first-order valence-corrected chi connectivity index (χ1v) is 4.24. The van der Waals surface area contributed by atoms with Gasteiger partial charge in [0.05, 0.1) is 19.8 Å². The molecule has 0 aliphatic rings. The van der Waals surface area contributed by atoms with E-state index in [1.807, 2.05) is 7.05 Å². The van der Waals surface area contributed by atoms with Crippen LogP contribution in [-0.4, -0.2) is 45.1 Å². The Labute approximate surface area is 78.0 Å². The lowest BCUT2D eigenvalue weighted by molar-refractivity contribution is -0.115. The summed E-state index contributed by atoms with van der Waals surface area (Å²) >= 11 is 3.54. The number of nitrogens with one attached hydrogen (secondary N) is 1. The molecule has 0 heterocycles. The van der Waals surface area contributed by atoms with Gasteiger partial charge < -0.3 is 14.8 Å². The smallest absolute Gasteiger partial charge is 0.211 e. The van der Waals surface area contributed by atoms with Gasteiger partial charge in [0, 0.05) is 6.54 Å². The molecular formula is C7H15NO3S. The summed E-state index contributed by atoms with van der Waals surface area (Å²) in [5.41, 5.74) is 0. The molecule has 0 bridgehead atoms. The molecular weight excluding hydrogens is 178 g/mol. The molecule has 72 valence electrons. The van der Waals surface area contributed by atoms with Crippen LogP contribution in [0.15, 0.2) is 0 Å². The maximum atomic E-state index is 10.3. The summed E-state index contributed by atoms with van der Waals surface area (Å²) in [6.45, 7) is 2.50. The van der Waals surface area contributed by atoms with E-state index in [0.717, 1.165) is 6.54 Å². The Morgan fingerprint density at radius 1 is 1.33 bits per heavy atom. The third-order valence-electron chi connectivity index (χ3n) is 1.09. The summed E-state index contributed by atoms with van der Waals surface area (Å²) in [6, 6.07) is 0. The van der Waals surface area contributed by atoms with Gasteiger partial charge in [0.1, 0.15) is 6.61 Å². The normalized spacial score (nSPS) is 10.2. The van der Waals surface area contributed by atoms with Crippen LogP contribution >= 0.6 is 12.6 Å². The molecule has 0 saturated heterocycles. The van der Waals surface area contributed by atoms with Crippen LogP contribution < -0.4 is 5.32 Å². The van der Waals surface area contributed by atoms with Crippen LogP contribution in [0.5, 0.6) is 0 Å². The zero-order valence-corrected chi connectivity index (χ0v) is 8.10. The molecule has 0 unspecified atom stereocenters. The second kappa shape index (κ2) is 8.99. The number of rotatable bonds is 8. The molecule has 0 aliphatic carbocycles. The molecule has 1 N–H and O–H groups in total. The first-order chi connectivity index (χ1) is 5.77. The van der Waals surface area contributed by atoms with Crippen LogP contribution in [0.1, 0.15) is 0 Å². The van der Waals surface area contributed by atoms with E-state index in [-0.39, 0.29) is 11.7 Å². The highest BCUT2D eigenvalue weighted by Gasteiger charge is 1.93. The van der Waals surface area contributed by atoms with Gasteiger partial charge in [0.2, 0.25) is 5.12 Å². The molecule has 0 atom stereocenters. The Kier molecular flexibility index (Phi) is 8.92. The van der Waals surface area contributed by atoms with Gasteiger partial charge in [-0.25, -0.2) is 0 Å². The predicted octanol–water partition coefficient (Wildman–Crippen LogP) is -0.305. The molecule has 0 amide bonds. The van der Waals surface area contributed by atoms with E-state index in [0.29, 0.717) is 19.8 Å². The van der Waals surface area contributed by atoms with Gasteiger partial charge in [-0.15, -0.1) is 12.6 Å². The van der Waals surface area contributed by atoms with E-state index in [4.69, 9.17) is 9.47 Å². The minimum Gasteiger partial charge on any atom is -0.378 e. The Morgan fingerprint density at radius 2 is 2.00 bits per heavy atom. The average molecular weight is 193 g/mol. The maximum Gasteiger partial charge on any atom is 0.211 e. The lowest BCUT2D eigenvalue weighted by atomic mass is 10.7. The van der Waals surface area contributed by atoms with Gasteiger partial charge in [-0.2, -0.15) is 0 Å². The highest BCUT2D eigenvalue weighted by molar-refractivity contribution is 7.96. The first-order valence-electron chi connectivity index (χ1n) is 3.79. The van der Waals surface area contributed by atoms with Crippen LogP contribution in [0.3, 0.4) is 0 Å². The van der Waals surface area contributed by atoms with Crippen molar-refractivity contribution in [3.05, 3.63) is 0 Å². The van der Waals surface area contributed by atoms with Crippen molar-refractivity contribution in [2.45, 2.75) is 0 Å². The van der Waals surface area contributed by atoms with Crippen molar-refractivity contribution in [2.75, 3.05) is 40.0 Å². The van der Waals surface area contributed by atoms with Crippen molar-refractivity contribution >= 4 is 17.7 Å². The van der Waals surface area contributed by atoms with Crippen LogP contribution in [0, 0.1) is 0 Å². The second-order valence-electron chi connectivity index (χ2n) is 2.16. The summed E-state index contributed by atoms with van der Waals surface area (Å²) < 4.78 is 10.0. The van der Waals surface area contributed by atoms with Crippen molar-refractivity contribution in [1.82, 2.24) is 5.32 Å². The molecule has 0 aromatic rings. The molecule has 0 aromatic heterocycles. The second-order valence-corrected chi connectivity index (χ2v) is 2.66. The minimum absolute atomic E-state index is 0.0541. The van der Waals surface area contributed by atoms with E-state index >= 15 is 0 Å². The molecule has 0 radical (unpaired) electrons. The van der Waals surface area contributed by atoms with Gasteiger partial charge in [0.15, 0.2) is 0 Å². The van der Waals surface area contributed by atoms with Crippen LogP contribution in [0.25, 0.3) is 0 Å². The summed E-state index contributed by atoms with van der Waals surface area (Å²) in [5.74, 6) is 0. The average Bonchev–Trinajstić information content (AvgIpc) is 2.02. The predicted molar refractivity (Wildman–Crippen MR) is 49.6 cm³/mol. The topological polar surface area (TPSA) is 47.6 Å². The van der Waals surface area contributed by atoms with Crippen molar-refractivity contribution < 1.29 is 14.3 Å². The maximum absolute atomic E-state index is 10.3. The van der Waals surface area contributed by atoms with Crippen molar-refractivity contribution in [1.29, 1.82) is 0 Å². The Balaban J connectivity index is 2.86. The fourth-order valence-electron chi connectivity index (χ4n) is 0.554. The van der Waals surface area contributed by atoms with Gasteiger partial charge in [-0.05, 0) is 7.05 Å². The van der Waals surface area contributed by atoms with Gasteiger partial charge in [0.25, 0.3) is 0 Å². The number of thiol groups is 1. The molecule has 5 heteroatoms. The highest BCUT2D eigenvalue weighted by Crippen LogP contribution is 1.82. The Morgan fingerprint density at radius 3 is 2.58 bits per heavy atom. The molecule has 0 aliphatic heterocycles. The summed E-state index contributed by atoms with van der Waals surface area (Å²) in [7, 11) is 1.86. The number of hydrogen-bond acceptors (Lipinski definition) is 4. The monoisotopic (exact) mass is 193 g/mol. The number of ether oxygens (including phenoxy) is 2. The van der Waals surface area contributed by atoms with Crippen molar-refractivity contribution in [3.8, 4) is 0 Å². The third kappa shape index (κ3) is 9.90. The zero-order chi connectivity index (χ0) is 9.23. The van der Waals surface area contributed by atoms with Crippen molar-refractivity contribution in [3.63, 3.8) is 0 Å². The van der Waals surface area contributed by atoms with E-state index in [1.165, 1.54) is 0 Å². The minimum atomic E-state index is -0.259. The summed E-state index contributed by atoms with van der Waals surface area (Å²) in [4.78, 5) is 10.3. The Bertz CT molecular complexity index is 121. The van der Waals surface area contributed by atoms with Gasteiger partial charge in [-0.1, -0.05) is 0 Å². The molecule has 0 spiro atoms. The highest BCUT2D eigenvalue weighted by atomic mass is 32.1. The summed E-state index contributed by atoms with van der Waals surface area (Å²) in [5, 5.41) is 2.69. The number of likely N-dealkylation sites (N-methyl/N-ethyl adjacent to an activating group) is 1. The molecule has 0 aromatic carbocycles. The lowest BCUT2D eigenvalue weighted by Crippen LogP contribution is -2.16. The van der Waals surface area contributed by atoms with Crippen molar-refractivity contribution in [2.24, 2.45) is 0 Å². The SMILES string of the molecule is CNCCOCCOCC(=O)S. The third-order valence-corrected chi connectivity index (χ3v) is 1.22.